The third kappa shape index (κ3) is 4.32. The van der Waals surface area contributed by atoms with E-state index in [-0.39, 0.29) is 23.7 Å². The van der Waals surface area contributed by atoms with E-state index >= 15 is 0 Å². The molecule has 6 heteroatoms. The molecular weight excluding hydrogens is 374 g/mol. The lowest BCUT2D eigenvalue weighted by atomic mass is 9.82. The molecule has 0 aromatic heterocycles. The van der Waals surface area contributed by atoms with Gasteiger partial charge in [0.15, 0.2) is 0 Å². The molecule has 0 heterocycles. The maximum absolute atomic E-state index is 10.0. The second-order valence-electron chi connectivity index (χ2n) is 7.16. The van der Waals surface area contributed by atoms with Crippen LogP contribution in [0.3, 0.4) is 0 Å². The van der Waals surface area contributed by atoms with Crippen LogP contribution in [0.15, 0.2) is 38.9 Å². The molecule has 0 spiro atoms. The number of nitrogens with one attached hydrogen (secondary N) is 2. The van der Waals surface area contributed by atoms with Crippen LogP contribution in [0.5, 0.6) is 0 Å². The molecule has 0 amide bonds. The zero-order valence-electron chi connectivity index (χ0n) is 18.7. The van der Waals surface area contributed by atoms with Crippen LogP contribution in [0.2, 0.25) is 0 Å². The molecule has 0 saturated heterocycles. The van der Waals surface area contributed by atoms with E-state index in [0.29, 0.717) is 39.8 Å². The first-order chi connectivity index (χ1) is 14.2. The number of rotatable bonds is 8. The van der Waals surface area contributed by atoms with Crippen LogP contribution in [0.1, 0.15) is 63.8 Å². The first-order valence-electron chi connectivity index (χ1n) is 9.73. The number of nitrogens with two attached hydrogens (primary N) is 1. The van der Waals surface area contributed by atoms with Crippen LogP contribution in [0.25, 0.3) is 0 Å². The van der Waals surface area contributed by atoms with Gasteiger partial charge in [0, 0.05) is 22.9 Å². The lowest BCUT2D eigenvalue weighted by Gasteiger charge is -2.23. The molecule has 1 aromatic carbocycles. The minimum Gasteiger partial charge on any atom is -0.396 e. The average molecular weight is 406 g/mol. The Balaban J connectivity index is 4.23. The predicted molar refractivity (Wildman–Crippen MR) is 126 cm³/mol. The molecular formula is C24H31N5O. The molecule has 5 N–H and O–H groups in total. The van der Waals surface area contributed by atoms with Crippen molar-refractivity contribution in [1.82, 2.24) is 0 Å². The molecule has 6 nitrogen and oxygen atoms in total. The monoisotopic (exact) mass is 405 g/mol. The Morgan fingerprint density at radius 2 is 1.87 bits per heavy atom. The van der Waals surface area contributed by atoms with E-state index in [1.54, 1.807) is 0 Å². The summed E-state index contributed by atoms with van der Waals surface area (Å²) in [6, 6.07) is 2.24. The molecule has 1 aromatic rings. The Morgan fingerprint density at radius 1 is 1.27 bits per heavy atom. The summed E-state index contributed by atoms with van der Waals surface area (Å²) in [6.07, 6.45) is 3.52. The summed E-state index contributed by atoms with van der Waals surface area (Å²) in [5.41, 5.74) is 12.4. The van der Waals surface area contributed by atoms with Crippen molar-refractivity contribution in [2.24, 2.45) is 4.99 Å². The number of aliphatic hydroxyl groups is 1. The van der Waals surface area contributed by atoms with Crippen molar-refractivity contribution in [3.63, 3.8) is 0 Å². The van der Waals surface area contributed by atoms with Crippen molar-refractivity contribution in [3.8, 4) is 6.07 Å². The summed E-state index contributed by atoms with van der Waals surface area (Å²) < 4.78 is 0. The van der Waals surface area contributed by atoms with E-state index in [2.05, 4.69) is 17.8 Å². The maximum atomic E-state index is 10.0. The van der Waals surface area contributed by atoms with Crippen molar-refractivity contribution in [2.45, 2.75) is 54.6 Å². The number of anilines is 1. The summed E-state index contributed by atoms with van der Waals surface area (Å²) >= 11 is 0. The zero-order chi connectivity index (χ0) is 23.2. The topological polar surface area (TPSA) is 130 Å². The van der Waals surface area contributed by atoms with Crippen molar-refractivity contribution in [3.05, 3.63) is 56.2 Å². The number of hydrogen-bond donors (Lipinski definition) is 4. The highest BCUT2D eigenvalue weighted by Crippen LogP contribution is 2.39. The summed E-state index contributed by atoms with van der Waals surface area (Å²) in [5, 5.41) is 36.8. The molecule has 1 rings (SSSR count). The van der Waals surface area contributed by atoms with Crippen LogP contribution in [-0.4, -0.2) is 23.8 Å². The van der Waals surface area contributed by atoms with Gasteiger partial charge < -0.3 is 16.2 Å². The van der Waals surface area contributed by atoms with Crippen LogP contribution in [0.4, 0.5) is 11.4 Å². The summed E-state index contributed by atoms with van der Waals surface area (Å²) in [5.74, 6) is 0. The largest absolute Gasteiger partial charge is 0.396 e. The number of nitriles is 1. The normalized spacial score (nSPS) is 12.0. The van der Waals surface area contributed by atoms with Crippen LogP contribution in [0, 0.1) is 22.1 Å². The van der Waals surface area contributed by atoms with Gasteiger partial charge in [0.05, 0.1) is 35.3 Å². The van der Waals surface area contributed by atoms with Gasteiger partial charge in [-0.1, -0.05) is 24.1 Å². The predicted octanol–water partition coefficient (Wildman–Crippen LogP) is 5.16. The molecule has 0 aliphatic rings. The summed E-state index contributed by atoms with van der Waals surface area (Å²) in [4.78, 5) is 3.99. The van der Waals surface area contributed by atoms with Crippen LogP contribution in [-0.2, 0) is 13.0 Å². The molecule has 0 unspecified atom stereocenters. The highest BCUT2D eigenvalue weighted by Gasteiger charge is 2.26. The fraction of sp³-hybridized carbons (Fsp3) is 0.333. The Kier molecular flexibility index (Phi) is 8.63. The van der Waals surface area contributed by atoms with Crippen LogP contribution < -0.4 is 5.73 Å². The SMILES string of the molecule is C=Nc1c(N)c(C(=N)/C(C(C#N)=C(C)C)=C(C)\C(C)=C/C)c(CC)c(CO)c1C=N. The average Bonchev–Trinajstić information content (AvgIpc) is 2.74. The number of hydrogen-bond acceptors (Lipinski definition) is 6. The van der Waals surface area contributed by atoms with Gasteiger partial charge in [-0.05, 0) is 64.5 Å². The first-order valence-corrected chi connectivity index (χ1v) is 9.73. The Hall–Kier alpha value is -3.30. The number of nitrogen functional groups attached to an aromatic ring is 1. The molecule has 0 bridgehead atoms. The number of aliphatic imine (C=N–C) groups is 1. The van der Waals surface area contributed by atoms with Gasteiger partial charge in [-0.25, -0.2) is 0 Å². The zero-order valence-corrected chi connectivity index (χ0v) is 18.7. The third-order valence-electron chi connectivity index (χ3n) is 5.35. The van der Waals surface area contributed by atoms with Crippen molar-refractivity contribution >= 4 is 30.0 Å². The van der Waals surface area contributed by atoms with E-state index in [9.17, 15) is 10.4 Å². The molecule has 0 saturated carbocycles. The van der Waals surface area contributed by atoms with Gasteiger partial charge in [-0.15, -0.1) is 0 Å². The van der Waals surface area contributed by atoms with Gasteiger partial charge in [0.25, 0.3) is 0 Å². The number of aliphatic hydroxyl groups excluding tert-OH is 1. The van der Waals surface area contributed by atoms with E-state index in [1.165, 1.54) is 0 Å². The number of nitrogens with zero attached hydrogens (tertiary/aromatic N) is 2. The van der Waals surface area contributed by atoms with Gasteiger partial charge in [0.1, 0.15) is 0 Å². The fourth-order valence-electron chi connectivity index (χ4n) is 3.52. The van der Waals surface area contributed by atoms with Crippen molar-refractivity contribution in [2.75, 3.05) is 5.73 Å². The minimum atomic E-state index is -0.323. The lowest BCUT2D eigenvalue weighted by Crippen LogP contribution is -2.17. The first kappa shape index (κ1) is 24.7. The van der Waals surface area contributed by atoms with Crippen LogP contribution >= 0.6 is 0 Å². The van der Waals surface area contributed by atoms with Gasteiger partial charge >= 0.3 is 0 Å². The van der Waals surface area contributed by atoms with E-state index in [4.69, 9.17) is 16.6 Å². The summed E-state index contributed by atoms with van der Waals surface area (Å²) in [7, 11) is 0. The highest BCUT2D eigenvalue weighted by atomic mass is 16.3. The van der Waals surface area contributed by atoms with Gasteiger partial charge in [-0.3, -0.25) is 10.4 Å². The lowest BCUT2D eigenvalue weighted by molar-refractivity contribution is 0.280. The molecule has 0 aliphatic heterocycles. The van der Waals surface area contributed by atoms with Gasteiger partial charge in [0.2, 0.25) is 0 Å². The number of allylic oxidation sites excluding steroid dienone is 6. The van der Waals surface area contributed by atoms with Crippen molar-refractivity contribution in [1.29, 1.82) is 16.1 Å². The number of benzene rings is 1. The second kappa shape index (κ2) is 10.5. The molecule has 158 valence electrons. The Bertz CT molecular complexity index is 1030. The fourth-order valence-corrected chi connectivity index (χ4v) is 3.52. The van der Waals surface area contributed by atoms with E-state index in [1.807, 2.05) is 47.6 Å². The minimum absolute atomic E-state index is 0.0944. The quantitative estimate of drug-likeness (QED) is 0.206. The molecule has 0 aliphatic carbocycles. The molecule has 30 heavy (non-hydrogen) atoms. The second-order valence-corrected chi connectivity index (χ2v) is 7.16. The maximum Gasteiger partial charge on any atom is 0.0998 e. The molecule has 0 radical (unpaired) electrons. The van der Waals surface area contributed by atoms with Crippen molar-refractivity contribution < 1.29 is 5.11 Å². The van der Waals surface area contributed by atoms with E-state index in [0.717, 1.165) is 22.9 Å². The molecule has 0 atom stereocenters. The Morgan fingerprint density at radius 3 is 2.23 bits per heavy atom. The summed E-state index contributed by atoms with van der Waals surface area (Å²) in [6.45, 7) is 14.5. The third-order valence-corrected chi connectivity index (χ3v) is 5.35. The smallest absolute Gasteiger partial charge is 0.0998 e. The molecule has 0 fully saturated rings. The Labute approximate surface area is 179 Å². The highest BCUT2D eigenvalue weighted by molar-refractivity contribution is 6.20. The van der Waals surface area contributed by atoms with E-state index < -0.39 is 0 Å². The van der Waals surface area contributed by atoms with Gasteiger partial charge in [-0.2, -0.15) is 5.26 Å². The standard InChI is InChI=1S/C24H31N5O/c1-8-14(5)15(6)20(17(10-25)13(3)4)22(27)21-16(9-2)19(12-30)18(11-26)24(29-7)23(21)28/h8,11,26-27,30H,7,9,12,28H2,1-6H3/b14-8-,20-15-,26-11?,27-22?.